The maximum Gasteiger partial charge on any atom is 0.0480 e. The van der Waals surface area contributed by atoms with Gasteiger partial charge in [0, 0.05) is 29.7 Å². The zero-order valence-corrected chi connectivity index (χ0v) is 10.5. The third-order valence-electron chi connectivity index (χ3n) is 3.24. The number of rotatable bonds is 2. The lowest BCUT2D eigenvalue weighted by molar-refractivity contribution is 0.726. The van der Waals surface area contributed by atoms with E-state index in [4.69, 9.17) is 5.73 Å². The van der Waals surface area contributed by atoms with Gasteiger partial charge in [0.2, 0.25) is 0 Å². The smallest absolute Gasteiger partial charge is 0.0480 e. The van der Waals surface area contributed by atoms with E-state index >= 15 is 0 Å². The van der Waals surface area contributed by atoms with Crippen molar-refractivity contribution in [2.45, 2.75) is 32.7 Å². The summed E-state index contributed by atoms with van der Waals surface area (Å²) in [6.45, 7) is 6.46. The van der Waals surface area contributed by atoms with Crippen LogP contribution in [0.25, 0.3) is 10.9 Å². The van der Waals surface area contributed by atoms with Crippen molar-refractivity contribution in [3.63, 3.8) is 0 Å². The minimum Gasteiger partial charge on any atom is -0.346 e. The molecule has 1 aromatic carbocycles. The van der Waals surface area contributed by atoms with Gasteiger partial charge in [-0.15, -0.1) is 0 Å². The lowest BCUT2D eigenvalue weighted by Crippen LogP contribution is -2.09. The Hall–Kier alpha value is -1.28. The number of hydrogen-bond donors (Lipinski definition) is 1. The molecular formula is C14H20N2. The highest BCUT2D eigenvalue weighted by atomic mass is 15.0. The highest BCUT2D eigenvalue weighted by Gasteiger charge is 2.10. The topological polar surface area (TPSA) is 30.9 Å². The number of aryl methyl sites for hydroxylation is 1. The Balaban J connectivity index is 2.63. The molecule has 1 heterocycles. The highest BCUT2D eigenvalue weighted by molar-refractivity contribution is 5.82. The monoisotopic (exact) mass is 216 g/mol. The molecule has 0 aliphatic rings. The van der Waals surface area contributed by atoms with Crippen LogP contribution in [-0.4, -0.2) is 4.57 Å². The number of benzene rings is 1. The average Bonchev–Trinajstić information content (AvgIpc) is 2.55. The van der Waals surface area contributed by atoms with E-state index in [2.05, 4.69) is 49.7 Å². The van der Waals surface area contributed by atoms with E-state index in [1.165, 1.54) is 22.2 Å². The second-order valence-electron chi connectivity index (χ2n) is 4.89. The van der Waals surface area contributed by atoms with E-state index in [1.54, 1.807) is 0 Å². The number of aromatic nitrogens is 1. The van der Waals surface area contributed by atoms with Gasteiger partial charge in [-0.05, 0) is 36.6 Å². The van der Waals surface area contributed by atoms with Crippen LogP contribution in [0.4, 0.5) is 0 Å². The van der Waals surface area contributed by atoms with Crippen molar-refractivity contribution in [1.82, 2.24) is 4.57 Å². The van der Waals surface area contributed by atoms with Crippen LogP contribution >= 0.6 is 0 Å². The van der Waals surface area contributed by atoms with Gasteiger partial charge in [-0.2, -0.15) is 0 Å². The van der Waals surface area contributed by atoms with Crippen LogP contribution in [0, 0.1) is 0 Å². The van der Waals surface area contributed by atoms with E-state index < -0.39 is 0 Å². The second kappa shape index (κ2) is 3.95. The first-order valence-corrected chi connectivity index (χ1v) is 5.85. The summed E-state index contributed by atoms with van der Waals surface area (Å²) in [6.07, 6.45) is 0. The van der Waals surface area contributed by atoms with Crippen LogP contribution in [0.3, 0.4) is 0 Å². The minimum atomic E-state index is 0.0832. The fourth-order valence-electron chi connectivity index (χ4n) is 2.19. The van der Waals surface area contributed by atoms with Crippen molar-refractivity contribution in [3.05, 3.63) is 35.5 Å². The normalized spacial score (nSPS) is 13.6. The third kappa shape index (κ3) is 1.74. The predicted octanol–water partition coefficient (Wildman–Crippen LogP) is 3.32. The van der Waals surface area contributed by atoms with Gasteiger partial charge in [0.15, 0.2) is 0 Å². The SMILES string of the molecule is CC(C)c1ccc2c(c1)cc(C(C)N)n2C. The minimum absolute atomic E-state index is 0.0832. The van der Waals surface area contributed by atoms with Crippen LogP contribution in [0.2, 0.25) is 0 Å². The van der Waals surface area contributed by atoms with Crippen LogP contribution < -0.4 is 5.73 Å². The number of fused-ring (bicyclic) bond motifs is 1. The Labute approximate surface area is 97.1 Å². The largest absolute Gasteiger partial charge is 0.346 e. The van der Waals surface area contributed by atoms with Gasteiger partial charge in [-0.25, -0.2) is 0 Å². The van der Waals surface area contributed by atoms with Crippen LogP contribution in [0.15, 0.2) is 24.3 Å². The fraction of sp³-hybridized carbons (Fsp3) is 0.429. The Bertz CT molecular complexity index is 507. The van der Waals surface area contributed by atoms with E-state index in [0.29, 0.717) is 5.92 Å². The first kappa shape index (κ1) is 11.2. The molecule has 2 heteroatoms. The number of nitrogens with zero attached hydrogens (tertiary/aromatic N) is 1. The summed E-state index contributed by atoms with van der Waals surface area (Å²) in [5, 5.41) is 1.29. The molecule has 1 aromatic heterocycles. The lowest BCUT2D eigenvalue weighted by atomic mass is 10.0. The summed E-state index contributed by atoms with van der Waals surface area (Å²) in [6, 6.07) is 8.95. The van der Waals surface area contributed by atoms with Gasteiger partial charge < -0.3 is 10.3 Å². The molecule has 0 bridgehead atoms. The van der Waals surface area contributed by atoms with Gasteiger partial charge in [-0.3, -0.25) is 0 Å². The summed E-state index contributed by atoms with van der Waals surface area (Å²) in [5.74, 6) is 0.573. The molecule has 16 heavy (non-hydrogen) atoms. The van der Waals surface area contributed by atoms with Crippen molar-refractivity contribution in [2.24, 2.45) is 12.8 Å². The molecule has 2 rings (SSSR count). The van der Waals surface area contributed by atoms with Crippen LogP contribution in [-0.2, 0) is 7.05 Å². The zero-order valence-electron chi connectivity index (χ0n) is 10.5. The molecule has 0 aliphatic heterocycles. The van der Waals surface area contributed by atoms with Crippen molar-refractivity contribution in [2.75, 3.05) is 0 Å². The van der Waals surface area contributed by atoms with Gasteiger partial charge >= 0.3 is 0 Å². The van der Waals surface area contributed by atoms with Crippen LogP contribution in [0.1, 0.15) is 44.0 Å². The van der Waals surface area contributed by atoms with Gasteiger partial charge in [0.25, 0.3) is 0 Å². The highest BCUT2D eigenvalue weighted by Crippen LogP contribution is 2.25. The van der Waals surface area contributed by atoms with E-state index in [1.807, 2.05) is 6.92 Å². The predicted molar refractivity (Wildman–Crippen MR) is 69.6 cm³/mol. The first-order chi connectivity index (χ1) is 7.50. The molecule has 0 spiro atoms. The molecule has 0 saturated carbocycles. The summed E-state index contributed by atoms with van der Waals surface area (Å²) in [7, 11) is 2.08. The maximum atomic E-state index is 5.96. The zero-order chi connectivity index (χ0) is 11.9. The van der Waals surface area contributed by atoms with Gasteiger partial charge in [0.1, 0.15) is 0 Å². The number of hydrogen-bond acceptors (Lipinski definition) is 1. The maximum absolute atomic E-state index is 5.96. The van der Waals surface area contributed by atoms with E-state index in [9.17, 15) is 0 Å². The van der Waals surface area contributed by atoms with Crippen molar-refractivity contribution in [3.8, 4) is 0 Å². The molecule has 2 aromatic rings. The lowest BCUT2D eigenvalue weighted by Gasteiger charge is -2.07. The molecule has 2 N–H and O–H groups in total. The van der Waals surface area contributed by atoms with E-state index in [-0.39, 0.29) is 6.04 Å². The molecule has 1 atom stereocenters. The summed E-state index contributed by atoms with van der Waals surface area (Å²) < 4.78 is 2.18. The average molecular weight is 216 g/mol. The van der Waals surface area contributed by atoms with Gasteiger partial charge in [-0.1, -0.05) is 19.9 Å². The standard InChI is InChI=1S/C14H20N2/c1-9(2)11-5-6-13-12(7-11)8-14(10(3)15)16(13)4/h5-10H,15H2,1-4H3. The Morgan fingerprint density at radius 1 is 1.12 bits per heavy atom. The van der Waals surface area contributed by atoms with Crippen molar-refractivity contribution < 1.29 is 0 Å². The molecule has 2 nitrogen and oxygen atoms in total. The summed E-state index contributed by atoms with van der Waals surface area (Å²) in [4.78, 5) is 0. The van der Waals surface area contributed by atoms with Crippen molar-refractivity contribution >= 4 is 10.9 Å². The molecular weight excluding hydrogens is 196 g/mol. The Morgan fingerprint density at radius 3 is 2.38 bits per heavy atom. The molecule has 0 radical (unpaired) electrons. The Kier molecular flexibility index (Phi) is 2.76. The second-order valence-corrected chi connectivity index (χ2v) is 4.89. The molecule has 0 saturated heterocycles. The molecule has 0 fully saturated rings. The fourth-order valence-corrected chi connectivity index (χ4v) is 2.19. The molecule has 0 aliphatic carbocycles. The van der Waals surface area contributed by atoms with Crippen molar-refractivity contribution in [1.29, 1.82) is 0 Å². The van der Waals surface area contributed by atoms with Gasteiger partial charge in [0.05, 0.1) is 0 Å². The summed E-state index contributed by atoms with van der Waals surface area (Å²) in [5.41, 5.74) is 9.79. The third-order valence-corrected chi connectivity index (χ3v) is 3.24. The quantitative estimate of drug-likeness (QED) is 0.820. The summed E-state index contributed by atoms with van der Waals surface area (Å²) >= 11 is 0. The van der Waals surface area contributed by atoms with Crippen LogP contribution in [0.5, 0.6) is 0 Å². The Morgan fingerprint density at radius 2 is 1.81 bits per heavy atom. The molecule has 86 valence electrons. The number of nitrogens with two attached hydrogens (primary N) is 1. The molecule has 1 unspecified atom stereocenters. The van der Waals surface area contributed by atoms with E-state index in [0.717, 1.165) is 0 Å². The first-order valence-electron chi connectivity index (χ1n) is 5.85. The molecule has 0 amide bonds.